The van der Waals surface area contributed by atoms with Crippen LogP contribution in [0.15, 0.2) is 0 Å². The highest BCUT2D eigenvalue weighted by atomic mass is 19.4. The van der Waals surface area contributed by atoms with Crippen LogP contribution in [0.4, 0.5) is 57.1 Å². The van der Waals surface area contributed by atoms with Crippen molar-refractivity contribution in [1.82, 2.24) is 0 Å². The van der Waals surface area contributed by atoms with Gasteiger partial charge in [-0.1, -0.05) is 54.4 Å². The minimum Gasteiger partial charge on any atom is -0.465 e. The fourth-order valence-electron chi connectivity index (χ4n) is 4.20. The van der Waals surface area contributed by atoms with E-state index >= 15 is 0 Å². The van der Waals surface area contributed by atoms with E-state index in [0.29, 0.717) is 12.8 Å². The van der Waals surface area contributed by atoms with E-state index in [4.69, 9.17) is 0 Å². The van der Waals surface area contributed by atoms with Crippen LogP contribution >= 0.6 is 0 Å². The Hall–Kier alpha value is -1.44. The van der Waals surface area contributed by atoms with Crippen molar-refractivity contribution >= 4 is 5.97 Å². The lowest BCUT2D eigenvalue weighted by molar-refractivity contribution is -0.462. The molecule has 1 atom stereocenters. The summed E-state index contributed by atoms with van der Waals surface area (Å²) in [6.07, 6.45) is -23.7. The summed E-state index contributed by atoms with van der Waals surface area (Å²) < 4.78 is 179. The van der Waals surface area contributed by atoms with Crippen LogP contribution in [0.2, 0.25) is 0 Å². The van der Waals surface area contributed by atoms with Gasteiger partial charge in [0.05, 0.1) is 12.5 Å². The topological polar surface area (TPSA) is 26.3 Å². The Labute approximate surface area is 212 Å². The largest absolute Gasteiger partial charge is 0.465 e. The third kappa shape index (κ3) is 6.47. The second kappa shape index (κ2) is 11.6. The Kier molecular flexibility index (Phi) is 11.1. The SMILES string of the molecule is CCC(C)(CC)CC(C(=O)OCCC(C(F)(F)F)(C(F)(F)F)C(F)(F)C(F)(F)C(F)(F)F)C(C)(CC)CC. The fraction of sp³-hybridized carbons (Fsp3) is 0.957. The number of ether oxygens (including phenoxy) is 1. The van der Waals surface area contributed by atoms with Gasteiger partial charge in [0.1, 0.15) is 0 Å². The molecule has 0 bridgehead atoms. The predicted molar refractivity (Wildman–Crippen MR) is 112 cm³/mol. The lowest BCUT2D eigenvalue weighted by Crippen LogP contribution is -2.70. The zero-order valence-corrected chi connectivity index (χ0v) is 21.8. The molecule has 0 heterocycles. The van der Waals surface area contributed by atoms with E-state index in [1.807, 2.05) is 0 Å². The number of carbonyl (C=O) groups excluding carboxylic acids is 1. The third-order valence-electron chi connectivity index (χ3n) is 8.12. The zero-order valence-electron chi connectivity index (χ0n) is 21.8. The summed E-state index contributed by atoms with van der Waals surface area (Å²) in [5.41, 5.74) is -8.33. The first-order chi connectivity index (χ1) is 16.7. The number of carbonyl (C=O) groups is 1. The molecule has 0 aliphatic heterocycles. The molecule has 15 heteroatoms. The molecule has 0 saturated carbocycles. The normalized spacial score (nSPS) is 16.0. The third-order valence-corrected chi connectivity index (χ3v) is 8.12. The molecule has 0 amide bonds. The lowest BCUT2D eigenvalue weighted by atomic mass is 9.65. The van der Waals surface area contributed by atoms with Crippen LogP contribution in [0.1, 0.15) is 80.1 Å². The van der Waals surface area contributed by atoms with Gasteiger partial charge < -0.3 is 4.74 Å². The molecule has 0 N–H and O–H groups in total. The number of rotatable bonds is 13. The molecule has 2 nitrogen and oxygen atoms in total. The molecule has 0 radical (unpaired) electrons. The standard InChI is InChI=1S/C23H33F13O2/c1-7-16(5,8-2)13-14(17(6,9-3)10-4)15(37)38-12-11-18(21(28,29)30,22(31,32)33)19(24,25)20(26,27)23(34,35)36/h14H,7-13H2,1-6H3. The maximum atomic E-state index is 14.3. The number of esters is 1. The molecule has 0 rings (SSSR count). The molecule has 228 valence electrons. The number of hydrogen-bond donors (Lipinski definition) is 0. The Balaban J connectivity index is 6.62. The van der Waals surface area contributed by atoms with Crippen LogP contribution in [-0.2, 0) is 9.53 Å². The molecule has 0 spiro atoms. The summed E-state index contributed by atoms with van der Waals surface area (Å²) in [5.74, 6) is -18.0. The van der Waals surface area contributed by atoms with E-state index in [0.717, 1.165) is 0 Å². The van der Waals surface area contributed by atoms with Crippen LogP contribution < -0.4 is 0 Å². The average Bonchev–Trinajstić information content (AvgIpc) is 2.76. The van der Waals surface area contributed by atoms with Gasteiger partial charge in [0.2, 0.25) is 5.41 Å². The molecule has 0 aliphatic rings. The number of halogens is 13. The highest BCUT2D eigenvalue weighted by Gasteiger charge is 2.91. The van der Waals surface area contributed by atoms with E-state index in [9.17, 15) is 61.9 Å². The van der Waals surface area contributed by atoms with Gasteiger partial charge in [0.25, 0.3) is 0 Å². The molecule has 0 fully saturated rings. The highest BCUT2D eigenvalue weighted by molar-refractivity contribution is 5.73. The molecule has 0 saturated heterocycles. The summed E-state index contributed by atoms with van der Waals surface area (Å²) in [5, 5.41) is 0. The lowest BCUT2D eigenvalue weighted by Gasteiger charge is -2.45. The molecule has 1 unspecified atom stereocenters. The van der Waals surface area contributed by atoms with Crippen molar-refractivity contribution in [2.45, 2.75) is 110 Å². The van der Waals surface area contributed by atoms with Crippen LogP contribution in [0.25, 0.3) is 0 Å². The fourth-order valence-corrected chi connectivity index (χ4v) is 4.20. The number of alkyl halides is 13. The summed E-state index contributed by atoms with van der Waals surface area (Å²) in [4.78, 5) is 12.9. The van der Waals surface area contributed by atoms with Crippen molar-refractivity contribution in [1.29, 1.82) is 0 Å². The molecule has 0 aromatic rings. The molecule has 0 aliphatic carbocycles. The van der Waals surface area contributed by atoms with Gasteiger partial charge in [-0.05, 0) is 30.1 Å². The van der Waals surface area contributed by atoms with E-state index in [1.165, 1.54) is 0 Å². The molecule has 0 aromatic carbocycles. The summed E-state index contributed by atoms with van der Waals surface area (Å²) >= 11 is 0. The maximum Gasteiger partial charge on any atom is 0.459 e. The summed E-state index contributed by atoms with van der Waals surface area (Å²) in [6, 6.07) is 0. The van der Waals surface area contributed by atoms with E-state index in [1.54, 1.807) is 41.5 Å². The Bertz CT molecular complexity index is 760. The van der Waals surface area contributed by atoms with Gasteiger partial charge in [-0.2, -0.15) is 57.1 Å². The molecule has 0 aromatic heterocycles. The first-order valence-electron chi connectivity index (χ1n) is 11.8. The van der Waals surface area contributed by atoms with Crippen molar-refractivity contribution in [2.24, 2.45) is 22.2 Å². The number of hydrogen-bond acceptors (Lipinski definition) is 2. The quantitative estimate of drug-likeness (QED) is 0.158. The van der Waals surface area contributed by atoms with Crippen LogP contribution in [0.3, 0.4) is 0 Å². The van der Waals surface area contributed by atoms with Gasteiger partial charge >= 0.3 is 36.3 Å². The zero-order chi connectivity index (χ0) is 30.8. The monoisotopic (exact) mass is 588 g/mol. The average molecular weight is 588 g/mol. The van der Waals surface area contributed by atoms with Crippen molar-refractivity contribution < 1.29 is 66.6 Å². The van der Waals surface area contributed by atoms with Crippen molar-refractivity contribution in [3.8, 4) is 0 Å². The van der Waals surface area contributed by atoms with Crippen molar-refractivity contribution in [3.05, 3.63) is 0 Å². The van der Waals surface area contributed by atoms with Crippen LogP contribution in [0.5, 0.6) is 0 Å². The molecular formula is C23H33F13O2. The van der Waals surface area contributed by atoms with Gasteiger partial charge in [-0.15, -0.1) is 0 Å². The Morgan fingerprint density at radius 2 is 1.03 bits per heavy atom. The smallest absolute Gasteiger partial charge is 0.459 e. The second-order valence-corrected chi connectivity index (χ2v) is 10.1. The summed E-state index contributed by atoms with van der Waals surface area (Å²) in [7, 11) is 0. The van der Waals surface area contributed by atoms with Gasteiger partial charge in [0, 0.05) is 6.42 Å². The maximum absolute atomic E-state index is 14.3. The summed E-state index contributed by atoms with van der Waals surface area (Å²) in [6.45, 7) is 8.05. The molecular weight excluding hydrogens is 555 g/mol. The Morgan fingerprint density at radius 1 is 0.632 bits per heavy atom. The first kappa shape index (κ1) is 36.6. The minimum absolute atomic E-state index is 0.0446. The molecule has 38 heavy (non-hydrogen) atoms. The minimum atomic E-state index is -7.75. The predicted octanol–water partition coefficient (Wildman–Crippen LogP) is 9.52. The van der Waals surface area contributed by atoms with Crippen molar-refractivity contribution in [3.63, 3.8) is 0 Å². The van der Waals surface area contributed by atoms with Gasteiger partial charge in [-0.3, -0.25) is 4.79 Å². The first-order valence-corrected chi connectivity index (χ1v) is 11.8. The second-order valence-electron chi connectivity index (χ2n) is 10.1. The van der Waals surface area contributed by atoms with E-state index < -0.39 is 71.5 Å². The van der Waals surface area contributed by atoms with E-state index in [-0.39, 0.29) is 19.3 Å². The van der Waals surface area contributed by atoms with Gasteiger partial charge in [0.15, 0.2) is 0 Å². The Morgan fingerprint density at radius 3 is 1.32 bits per heavy atom. The van der Waals surface area contributed by atoms with Crippen LogP contribution in [-0.4, -0.2) is 43.0 Å². The van der Waals surface area contributed by atoms with E-state index in [2.05, 4.69) is 4.74 Å². The van der Waals surface area contributed by atoms with Crippen LogP contribution in [0, 0.1) is 22.2 Å². The highest BCUT2D eigenvalue weighted by Crippen LogP contribution is 2.66. The van der Waals surface area contributed by atoms with Crippen molar-refractivity contribution in [2.75, 3.05) is 6.61 Å². The van der Waals surface area contributed by atoms with Gasteiger partial charge in [-0.25, -0.2) is 0 Å².